The molecule has 0 bridgehead atoms. The van der Waals surface area contributed by atoms with E-state index < -0.39 is 0 Å². The van der Waals surface area contributed by atoms with Crippen LogP contribution in [0.15, 0.2) is 11.6 Å². The second-order valence-corrected chi connectivity index (χ2v) is 6.61. The monoisotopic (exact) mass is 291 g/mol. The molecule has 116 valence electrons. The van der Waals surface area contributed by atoms with Crippen molar-refractivity contribution >= 4 is 11.8 Å². The highest BCUT2D eigenvalue weighted by Gasteiger charge is 2.37. The summed E-state index contributed by atoms with van der Waals surface area (Å²) in [6.07, 6.45) is 7.90. The summed E-state index contributed by atoms with van der Waals surface area (Å²) in [7, 11) is 0. The van der Waals surface area contributed by atoms with Gasteiger partial charge in [-0.25, -0.2) is 0 Å². The number of nitrogens with two attached hydrogens (primary N) is 1. The lowest BCUT2D eigenvalue weighted by Gasteiger charge is -2.20. The normalized spacial score (nSPS) is 23.5. The maximum absolute atomic E-state index is 12.5. The zero-order valence-corrected chi connectivity index (χ0v) is 12.6. The summed E-state index contributed by atoms with van der Waals surface area (Å²) in [6.45, 7) is 3.37. The molecule has 5 heteroatoms. The minimum absolute atomic E-state index is 0.171. The summed E-state index contributed by atoms with van der Waals surface area (Å²) in [4.78, 5) is 27.5. The molecule has 21 heavy (non-hydrogen) atoms. The molecule has 0 radical (unpaired) electrons. The molecule has 3 aliphatic rings. The van der Waals surface area contributed by atoms with E-state index in [-0.39, 0.29) is 11.8 Å². The Bertz CT molecular complexity index is 438. The van der Waals surface area contributed by atoms with E-state index in [1.165, 1.54) is 31.3 Å². The average molecular weight is 291 g/mol. The number of hydrogen-bond acceptors (Lipinski definition) is 3. The molecule has 0 unspecified atom stereocenters. The first-order valence-electron chi connectivity index (χ1n) is 8.14. The van der Waals surface area contributed by atoms with Crippen LogP contribution in [0.3, 0.4) is 0 Å². The largest absolute Gasteiger partial charge is 0.369 e. The van der Waals surface area contributed by atoms with Crippen molar-refractivity contribution in [3.63, 3.8) is 0 Å². The molecule has 2 amide bonds. The number of carbonyl (C=O) groups excluding carboxylic acids is 2. The molecule has 1 aliphatic heterocycles. The molecule has 2 N–H and O–H groups in total. The molecule has 0 atom stereocenters. The van der Waals surface area contributed by atoms with Crippen LogP contribution in [0.25, 0.3) is 0 Å². The lowest BCUT2D eigenvalue weighted by Crippen LogP contribution is -2.37. The standard InChI is InChI=1S/C16H25N3O2/c17-15(20)11-18-6-1-7-19(9-8-18)16(21)10-14(12-2-3-12)13-4-5-13/h10,12-13H,1-9,11H2,(H2,17,20). The predicted octanol–water partition coefficient (Wildman–Crippen LogP) is 0.752. The van der Waals surface area contributed by atoms with E-state index in [2.05, 4.69) is 0 Å². The molecule has 0 aromatic carbocycles. The Morgan fingerprint density at radius 3 is 2.24 bits per heavy atom. The van der Waals surface area contributed by atoms with Gasteiger partial charge in [0.2, 0.25) is 11.8 Å². The SMILES string of the molecule is NC(=O)CN1CCCN(C(=O)C=C(C2CC2)C2CC2)CC1. The molecule has 1 saturated heterocycles. The summed E-state index contributed by atoms with van der Waals surface area (Å²) in [5, 5.41) is 0. The highest BCUT2D eigenvalue weighted by molar-refractivity contribution is 5.88. The maximum atomic E-state index is 12.5. The molecule has 0 spiro atoms. The maximum Gasteiger partial charge on any atom is 0.246 e. The van der Waals surface area contributed by atoms with E-state index in [0.717, 1.165) is 26.1 Å². The highest BCUT2D eigenvalue weighted by Crippen LogP contribution is 2.48. The molecular weight excluding hydrogens is 266 g/mol. The predicted molar refractivity (Wildman–Crippen MR) is 80.4 cm³/mol. The van der Waals surface area contributed by atoms with E-state index in [1.807, 2.05) is 15.9 Å². The van der Waals surface area contributed by atoms with Gasteiger partial charge in [-0.3, -0.25) is 14.5 Å². The Morgan fingerprint density at radius 1 is 1.00 bits per heavy atom. The molecule has 1 heterocycles. The van der Waals surface area contributed by atoms with Crippen LogP contribution in [0.2, 0.25) is 0 Å². The Hall–Kier alpha value is -1.36. The Kier molecular flexibility index (Phi) is 4.29. The van der Waals surface area contributed by atoms with Crippen molar-refractivity contribution in [2.75, 3.05) is 32.7 Å². The smallest absolute Gasteiger partial charge is 0.246 e. The van der Waals surface area contributed by atoms with Gasteiger partial charge in [0, 0.05) is 32.3 Å². The first kappa shape index (κ1) is 14.6. The summed E-state index contributed by atoms with van der Waals surface area (Å²) >= 11 is 0. The van der Waals surface area contributed by atoms with Gasteiger partial charge >= 0.3 is 0 Å². The van der Waals surface area contributed by atoms with Crippen molar-refractivity contribution in [1.29, 1.82) is 0 Å². The third-order valence-electron chi connectivity index (χ3n) is 4.67. The Balaban J connectivity index is 1.57. The van der Waals surface area contributed by atoms with Crippen molar-refractivity contribution in [3.05, 3.63) is 11.6 Å². The topological polar surface area (TPSA) is 66.6 Å². The number of amides is 2. The third-order valence-corrected chi connectivity index (χ3v) is 4.67. The summed E-state index contributed by atoms with van der Waals surface area (Å²) in [6, 6.07) is 0. The summed E-state index contributed by atoms with van der Waals surface area (Å²) in [5.41, 5.74) is 6.66. The molecule has 3 fully saturated rings. The fraction of sp³-hybridized carbons (Fsp3) is 0.750. The molecule has 5 nitrogen and oxygen atoms in total. The first-order valence-corrected chi connectivity index (χ1v) is 8.14. The van der Waals surface area contributed by atoms with Gasteiger partial charge in [0.05, 0.1) is 6.54 Å². The number of carbonyl (C=O) groups is 2. The first-order chi connectivity index (χ1) is 10.1. The second-order valence-electron chi connectivity index (χ2n) is 6.61. The van der Waals surface area contributed by atoms with Crippen LogP contribution >= 0.6 is 0 Å². The van der Waals surface area contributed by atoms with Crippen LogP contribution in [0.1, 0.15) is 32.1 Å². The Labute approximate surface area is 126 Å². The average Bonchev–Trinajstić information content (AvgIpc) is 3.30. The minimum Gasteiger partial charge on any atom is -0.369 e. The number of allylic oxidation sites excluding steroid dienone is 1. The van der Waals surface area contributed by atoms with E-state index >= 15 is 0 Å². The lowest BCUT2D eigenvalue weighted by atomic mass is 10.1. The molecule has 0 aromatic rings. The Morgan fingerprint density at radius 2 is 1.67 bits per heavy atom. The van der Waals surface area contributed by atoms with Gasteiger partial charge in [-0.15, -0.1) is 0 Å². The van der Waals surface area contributed by atoms with Gasteiger partial charge in [0.1, 0.15) is 0 Å². The fourth-order valence-corrected chi connectivity index (χ4v) is 3.21. The van der Waals surface area contributed by atoms with Crippen LogP contribution in [-0.4, -0.2) is 54.3 Å². The number of primary amides is 1. The lowest BCUT2D eigenvalue weighted by molar-refractivity contribution is -0.126. The van der Waals surface area contributed by atoms with E-state index in [9.17, 15) is 9.59 Å². The molecule has 3 rings (SSSR count). The number of nitrogens with zero attached hydrogens (tertiary/aromatic N) is 2. The molecule has 0 aromatic heterocycles. The van der Waals surface area contributed by atoms with Crippen LogP contribution in [-0.2, 0) is 9.59 Å². The van der Waals surface area contributed by atoms with Crippen LogP contribution in [0.5, 0.6) is 0 Å². The van der Waals surface area contributed by atoms with Gasteiger partial charge in [-0.1, -0.05) is 5.57 Å². The van der Waals surface area contributed by atoms with Crippen LogP contribution < -0.4 is 5.73 Å². The van der Waals surface area contributed by atoms with E-state index in [0.29, 0.717) is 24.9 Å². The van der Waals surface area contributed by atoms with Crippen molar-refractivity contribution < 1.29 is 9.59 Å². The van der Waals surface area contributed by atoms with Crippen molar-refractivity contribution in [2.24, 2.45) is 17.6 Å². The minimum atomic E-state index is -0.292. The van der Waals surface area contributed by atoms with E-state index in [1.54, 1.807) is 0 Å². The molecule has 2 saturated carbocycles. The van der Waals surface area contributed by atoms with Gasteiger partial charge < -0.3 is 10.6 Å². The van der Waals surface area contributed by atoms with Gasteiger partial charge in [0.25, 0.3) is 0 Å². The van der Waals surface area contributed by atoms with Crippen molar-refractivity contribution in [1.82, 2.24) is 9.80 Å². The fourth-order valence-electron chi connectivity index (χ4n) is 3.21. The number of rotatable bonds is 5. The highest BCUT2D eigenvalue weighted by atomic mass is 16.2. The molecule has 2 aliphatic carbocycles. The van der Waals surface area contributed by atoms with Crippen molar-refractivity contribution in [2.45, 2.75) is 32.1 Å². The zero-order valence-electron chi connectivity index (χ0n) is 12.6. The number of hydrogen-bond donors (Lipinski definition) is 1. The van der Waals surface area contributed by atoms with Crippen LogP contribution in [0.4, 0.5) is 0 Å². The molecular formula is C16H25N3O2. The third kappa shape index (κ3) is 4.06. The van der Waals surface area contributed by atoms with E-state index in [4.69, 9.17) is 5.73 Å². The second kappa shape index (κ2) is 6.18. The van der Waals surface area contributed by atoms with Gasteiger partial charge in [0.15, 0.2) is 0 Å². The van der Waals surface area contributed by atoms with Crippen LogP contribution in [0, 0.1) is 11.8 Å². The zero-order chi connectivity index (χ0) is 14.8. The summed E-state index contributed by atoms with van der Waals surface area (Å²) < 4.78 is 0. The van der Waals surface area contributed by atoms with Gasteiger partial charge in [-0.05, 0) is 43.9 Å². The van der Waals surface area contributed by atoms with Crippen molar-refractivity contribution in [3.8, 4) is 0 Å². The quantitative estimate of drug-likeness (QED) is 0.760. The van der Waals surface area contributed by atoms with Gasteiger partial charge in [-0.2, -0.15) is 0 Å². The summed E-state index contributed by atoms with van der Waals surface area (Å²) in [5.74, 6) is 1.27.